The molecule has 1 N–H and O–H groups in total. The van der Waals surface area contributed by atoms with Crippen LogP contribution < -0.4 is 5.32 Å². The highest BCUT2D eigenvalue weighted by Gasteiger charge is 2.34. The maximum Gasteiger partial charge on any atom is 0.0794 e. The van der Waals surface area contributed by atoms with Crippen LogP contribution in [0.4, 0.5) is 0 Å². The molecule has 1 aliphatic rings. The van der Waals surface area contributed by atoms with Crippen LogP contribution in [-0.4, -0.2) is 17.6 Å². The van der Waals surface area contributed by atoms with Gasteiger partial charge in [0.2, 0.25) is 0 Å². The summed E-state index contributed by atoms with van der Waals surface area (Å²) < 4.78 is 0. The van der Waals surface area contributed by atoms with Crippen LogP contribution in [0.3, 0.4) is 0 Å². The minimum atomic E-state index is 0.518. The predicted molar refractivity (Wildman–Crippen MR) is 83.6 cm³/mol. The molecule has 0 radical (unpaired) electrons. The quantitative estimate of drug-likeness (QED) is 0.877. The lowest BCUT2D eigenvalue weighted by atomic mass is 9.66. The molecule has 2 atom stereocenters. The third kappa shape index (κ3) is 4.57. The molecule has 1 aliphatic carbocycles. The van der Waals surface area contributed by atoms with Crippen LogP contribution >= 0.6 is 11.3 Å². The van der Waals surface area contributed by atoms with Gasteiger partial charge in [-0.3, -0.25) is 4.98 Å². The number of hydrogen-bond donors (Lipinski definition) is 1. The molecule has 108 valence electrons. The zero-order valence-corrected chi connectivity index (χ0v) is 13.6. The Balaban J connectivity index is 1.99. The first-order valence-electron chi connectivity index (χ1n) is 7.57. The van der Waals surface area contributed by atoms with E-state index in [1.807, 2.05) is 16.8 Å². The van der Waals surface area contributed by atoms with Gasteiger partial charge in [0, 0.05) is 17.1 Å². The van der Waals surface area contributed by atoms with Crippen molar-refractivity contribution in [3.8, 4) is 0 Å². The van der Waals surface area contributed by atoms with Gasteiger partial charge >= 0.3 is 0 Å². The zero-order valence-electron chi connectivity index (χ0n) is 12.8. The first-order valence-corrected chi connectivity index (χ1v) is 8.45. The Hall–Kier alpha value is -0.410. The Bertz CT molecular complexity index is 368. The van der Waals surface area contributed by atoms with E-state index in [0.29, 0.717) is 11.5 Å². The summed E-state index contributed by atoms with van der Waals surface area (Å²) in [6.45, 7) is 10.5. The molecule has 1 aromatic rings. The maximum absolute atomic E-state index is 4.23. The average Bonchev–Trinajstić information content (AvgIpc) is 2.79. The highest BCUT2D eigenvalue weighted by Crippen LogP contribution is 2.43. The normalized spacial score (nSPS) is 26.8. The Morgan fingerprint density at radius 3 is 2.84 bits per heavy atom. The van der Waals surface area contributed by atoms with Crippen LogP contribution in [0.2, 0.25) is 0 Å². The fraction of sp³-hybridized carbons (Fsp3) is 0.812. The molecule has 0 aromatic carbocycles. The number of aromatic nitrogens is 1. The molecule has 1 fully saturated rings. The van der Waals surface area contributed by atoms with Crippen LogP contribution in [0.25, 0.3) is 0 Å². The SMILES string of the molecule is CC(C)NCC1CCC(C)(C)CC1Cc1cncs1. The fourth-order valence-corrected chi connectivity index (χ4v) is 3.98. The molecule has 2 nitrogen and oxygen atoms in total. The van der Waals surface area contributed by atoms with Gasteiger partial charge in [0.25, 0.3) is 0 Å². The monoisotopic (exact) mass is 280 g/mol. The van der Waals surface area contributed by atoms with Gasteiger partial charge in [0.15, 0.2) is 0 Å². The molecular formula is C16H28N2S. The lowest BCUT2D eigenvalue weighted by Gasteiger charge is -2.41. The summed E-state index contributed by atoms with van der Waals surface area (Å²) in [5.74, 6) is 1.65. The Morgan fingerprint density at radius 2 is 2.21 bits per heavy atom. The number of hydrogen-bond acceptors (Lipinski definition) is 3. The zero-order chi connectivity index (χ0) is 13.9. The third-order valence-corrected chi connectivity index (χ3v) is 5.21. The molecule has 0 bridgehead atoms. The van der Waals surface area contributed by atoms with E-state index in [0.717, 1.165) is 11.8 Å². The number of rotatable bonds is 5. The molecule has 2 unspecified atom stereocenters. The Morgan fingerprint density at radius 1 is 1.42 bits per heavy atom. The van der Waals surface area contributed by atoms with Gasteiger partial charge in [-0.05, 0) is 49.5 Å². The standard InChI is InChI=1S/C16H28N2S/c1-12(2)18-9-13-5-6-16(3,4)8-14(13)7-15-10-17-11-19-15/h10-14,18H,5-9H2,1-4H3. The van der Waals surface area contributed by atoms with Gasteiger partial charge in [-0.25, -0.2) is 0 Å². The molecule has 2 rings (SSSR count). The van der Waals surface area contributed by atoms with Crippen molar-refractivity contribution in [3.05, 3.63) is 16.6 Å². The van der Waals surface area contributed by atoms with Crippen LogP contribution in [-0.2, 0) is 6.42 Å². The second kappa shape index (κ2) is 6.36. The first-order chi connectivity index (χ1) is 8.96. The molecule has 0 amide bonds. The highest BCUT2D eigenvalue weighted by atomic mass is 32.1. The average molecular weight is 280 g/mol. The van der Waals surface area contributed by atoms with Crippen molar-refractivity contribution in [2.75, 3.05) is 6.54 Å². The molecule has 3 heteroatoms. The lowest BCUT2D eigenvalue weighted by Crippen LogP contribution is -2.38. The van der Waals surface area contributed by atoms with Crippen LogP contribution in [0.5, 0.6) is 0 Å². The summed E-state index contributed by atoms with van der Waals surface area (Å²) in [5, 5.41) is 3.64. The van der Waals surface area contributed by atoms with E-state index < -0.39 is 0 Å². The highest BCUT2D eigenvalue weighted by molar-refractivity contribution is 7.09. The van der Waals surface area contributed by atoms with E-state index in [1.165, 1.54) is 37.1 Å². The number of nitrogens with one attached hydrogen (secondary N) is 1. The van der Waals surface area contributed by atoms with Crippen LogP contribution in [0.1, 0.15) is 51.8 Å². The minimum absolute atomic E-state index is 0.518. The van der Waals surface area contributed by atoms with Gasteiger partial charge in [-0.15, -0.1) is 11.3 Å². The second-order valence-corrected chi connectivity index (χ2v) is 8.13. The van der Waals surface area contributed by atoms with Gasteiger partial charge in [-0.2, -0.15) is 0 Å². The number of nitrogens with zero attached hydrogens (tertiary/aromatic N) is 1. The molecule has 1 heterocycles. The molecule has 0 spiro atoms. The van der Waals surface area contributed by atoms with E-state index in [4.69, 9.17) is 0 Å². The van der Waals surface area contributed by atoms with Crippen molar-refractivity contribution in [3.63, 3.8) is 0 Å². The fourth-order valence-electron chi connectivity index (χ4n) is 3.29. The van der Waals surface area contributed by atoms with Crippen molar-refractivity contribution in [2.45, 2.75) is 59.4 Å². The Labute approximate surface area is 122 Å². The van der Waals surface area contributed by atoms with Crippen molar-refractivity contribution in [1.29, 1.82) is 0 Å². The summed E-state index contributed by atoms with van der Waals surface area (Å²) in [7, 11) is 0. The molecule has 0 aliphatic heterocycles. The van der Waals surface area contributed by atoms with E-state index in [-0.39, 0.29) is 0 Å². The molecule has 1 aromatic heterocycles. The summed E-state index contributed by atoms with van der Waals surface area (Å²) in [6.07, 6.45) is 7.37. The smallest absolute Gasteiger partial charge is 0.0794 e. The van der Waals surface area contributed by atoms with Crippen molar-refractivity contribution < 1.29 is 0 Å². The van der Waals surface area contributed by atoms with E-state index in [2.05, 4.69) is 44.2 Å². The van der Waals surface area contributed by atoms with E-state index in [9.17, 15) is 0 Å². The van der Waals surface area contributed by atoms with Crippen molar-refractivity contribution >= 4 is 11.3 Å². The topological polar surface area (TPSA) is 24.9 Å². The second-order valence-electron chi connectivity index (χ2n) is 7.16. The number of thiazole rings is 1. The van der Waals surface area contributed by atoms with Crippen molar-refractivity contribution in [1.82, 2.24) is 10.3 Å². The summed E-state index contributed by atoms with van der Waals surface area (Å²) in [6, 6.07) is 0.596. The van der Waals surface area contributed by atoms with Crippen LogP contribution in [0.15, 0.2) is 11.7 Å². The van der Waals surface area contributed by atoms with E-state index >= 15 is 0 Å². The van der Waals surface area contributed by atoms with Gasteiger partial charge in [-0.1, -0.05) is 27.7 Å². The minimum Gasteiger partial charge on any atom is -0.314 e. The van der Waals surface area contributed by atoms with Gasteiger partial charge < -0.3 is 5.32 Å². The third-order valence-electron chi connectivity index (χ3n) is 4.41. The lowest BCUT2D eigenvalue weighted by molar-refractivity contribution is 0.115. The molecule has 19 heavy (non-hydrogen) atoms. The van der Waals surface area contributed by atoms with Gasteiger partial charge in [0.1, 0.15) is 0 Å². The molecule has 1 saturated carbocycles. The predicted octanol–water partition coefficient (Wildman–Crippen LogP) is 4.13. The Kier molecular flexibility index (Phi) is 5.02. The largest absolute Gasteiger partial charge is 0.314 e. The van der Waals surface area contributed by atoms with Gasteiger partial charge in [0.05, 0.1) is 5.51 Å². The summed E-state index contributed by atoms with van der Waals surface area (Å²) in [4.78, 5) is 5.68. The van der Waals surface area contributed by atoms with Crippen molar-refractivity contribution in [2.24, 2.45) is 17.3 Å². The molecular weight excluding hydrogens is 252 g/mol. The summed E-state index contributed by atoms with van der Waals surface area (Å²) >= 11 is 1.81. The van der Waals surface area contributed by atoms with E-state index in [1.54, 1.807) is 0 Å². The maximum atomic E-state index is 4.23. The van der Waals surface area contributed by atoms with Crippen LogP contribution in [0, 0.1) is 17.3 Å². The molecule has 0 saturated heterocycles. The summed E-state index contributed by atoms with van der Waals surface area (Å²) in [5.41, 5.74) is 2.48. The first kappa shape index (κ1) is 15.0.